The predicted octanol–water partition coefficient (Wildman–Crippen LogP) is -2.16. The number of nitrogens with zero attached hydrogens (tertiary/aromatic N) is 6. The highest BCUT2D eigenvalue weighted by Crippen LogP contribution is 2.53. The van der Waals surface area contributed by atoms with E-state index in [1.807, 2.05) is 0 Å². The molecule has 10 N–H and O–H groups in total. The van der Waals surface area contributed by atoms with E-state index < -0.39 is 86.7 Å². The molecule has 10 atom stereocenters. The Labute approximate surface area is 266 Å². The fourth-order valence-corrected chi connectivity index (χ4v) is 8.54. The number of aryl methyl sites for hydroxylation is 1. The molecule has 7 rings (SSSR count). The quantitative estimate of drug-likeness (QED) is 0.109. The second-order valence-corrected chi connectivity index (χ2v) is 16.3. The van der Waals surface area contributed by atoms with Gasteiger partial charge in [0.15, 0.2) is 34.8 Å². The van der Waals surface area contributed by atoms with Crippen molar-refractivity contribution < 1.29 is 37.4 Å². The van der Waals surface area contributed by atoms with Gasteiger partial charge >= 0.3 is 13.4 Å². The van der Waals surface area contributed by atoms with Crippen molar-refractivity contribution in [2.24, 2.45) is 11.5 Å². The van der Waals surface area contributed by atoms with E-state index in [0.29, 0.717) is 5.82 Å². The maximum absolute atomic E-state index is 12.4. The van der Waals surface area contributed by atoms with E-state index in [-0.39, 0.29) is 28.3 Å². The molecule has 0 amide bonds. The number of imidazole rings is 2. The highest BCUT2D eigenvalue weighted by molar-refractivity contribution is 8.07. The van der Waals surface area contributed by atoms with Crippen molar-refractivity contribution in [2.45, 2.75) is 55.9 Å². The minimum absolute atomic E-state index is 0.0227. The van der Waals surface area contributed by atoms with Crippen molar-refractivity contribution in [1.29, 1.82) is 0 Å². The van der Waals surface area contributed by atoms with Crippen LogP contribution in [0.4, 0.5) is 5.95 Å². The largest absolute Gasteiger partial charge is 0.369 e. The number of nitrogen functional groups attached to an aromatic ring is 1. The summed E-state index contributed by atoms with van der Waals surface area (Å²) in [7, 11) is 0. The fourth-order valence-electron chi connectivity index (χ4n) is 5.62. The van der Waals surface area contributed by atoms with Crippen LogP contribution in [-0.2, 0) is 51.2 Å². The molecule has 3 fully saturated rings. The van der Waals surface area contributed by atoms with Crippen LogP contribution >= 0.6 is 13.4 Å². The van der Waals surface area contributed by atoms with Crippen LogP contribution in [-0.4, -0.2) is 98.5 Å². The third-order valence-electron chi connectivity index (χ3n) is 7.64. The van der Waals surface area contributed by atoms with Crippen molar-refractivity contribution in [3.05, 3.63) is 39.2 Å². The lowest BCUT2D eigenvalue weighted by Gasteiger charge is -2.30. The number of nitrogens with one attached hydrogen (secondary N) is 2. The second-order valence-electron chi connectivity index (χ2n) is 10.7. The molecular weight excluding hydrogens is 692 g/mol. The fraction of sp³-hybridized carbons (Fsp3) is 0.524. The van der Waals surface area contributed by atoms with Gasteiger partial charge < -0.3 is 59.5 Å². The Bertz CT molecular complexity index is 1910. The number of hydrogen-bond donors (Lipinski definition) is 7. The number of rotatable bonds is 2. The minimum atomic E-state index is -4.08. The summed E-state index contributed by atoms with van der Waals surface area (Å²) in [5, 5.41) is 0. The van der Waals surface area contributed by atoms with Gasteiger partial charge in [-0.05, 0) is 30.5 Å². The summed E-state index contributed by atoms with van der Waals surface area (Å²) < 4.78 is 38.1. The zero-order valence-electron chi connectivity index (χ0n) is 23.5. The summed E-state index contributed by atoms with van der Waals surface area (Å²) in [4.78, 5) is 68.5. The van der Waals surface area contributed by atoms with Crippen molar-refractivity contribution in [3.63, 3.8) is 0 Å². The highest BCUT2D eigenvalue weighted by Gasteiger charge is 2.51. The SMILES string of the molecule is Cc1nc2c(ncn2[C@@H]2O[C@@H]3COP(O)(=S)O[C@@H]4C(N)[C@H](n5cnc6c(=O)[nH]c(N)nc65)O[C@@H]4COP(O)(=S)O[C@@H]3C2N)c(=O)[nH]1. The zero-order chi connectivity index (χ0) is 32.7. The van der Waals surface area contributed by atoms with Crippen molar-refractivity contribution in [1.82, 2.24) is 39.0 Å². The molecule has 4 aromatic heterocycles. The molecule has 3 saturated heterocycles. The van der Waals surface area contributed by atoms with E-state index in [9.17, 15) is 19.4 Å². The number of ether oxygens (including phenoxy) is 2. The molecule has 0 saturated carbocycles. The van der Waals surface area contributed by atoms with Gasteiger partial charge in [0.2, 0.25) is 5.95 Å². The van der Waals surface area contributed by atoms with Crippen molar-refractivity contribution in [2.75, 3.05) is 18.9 Å². The molecule has 0 radical (unpaired) electrons. The van der Waals surface area contributed by atoms with Crippen LogP contribution in [0.2, 0.25) is 0 Å². The molecule has 3 aliphatic heterocycles. The van der Waals surface area contributed by atoms with E-state index in [2.05, 4.69) is 29.9 Å². The van der Waals surface area contributed by atoms with Crippen LogP contribution in [0.5, 0.6) is 0 Å². The first-order chi connectivity index (χ1) is 21.7. The Balaban J connectivity index is 1.18. The normalized spacial score (nSPS) is 37.2. The molecular formula is C21H27N11O10P2S2. The smallest absolute Gasteiger partial charge is 0.325 e. The molecule has 0 aliphatic carbocycles. The number of aromatic amines is 2. The number of fused-ring (bicyclic) bond motifs is 4. The van der Waals surface area contributed by atoms with Gasteiger partial charge in [0.1, 0.15) is 30.2 Å². The Hall–Kier alpha value is -2.60. The number of anilines is 1. The molecule has 4 unspecified atom stereocenters. The standard InChI is InChI=1S/C21H27N11O10P2S2/c1-6-27-15-11(17(33)28-6)25-4-31(15)19-9(22)13-7(39-19)2-37-44(36,46)42-14-8(3-38-43(35,45)41-13)40-20(10(14)23)32-5-26-12-16(32)29-21(24)30-18(12)34/h4-5,7-10,13-14,19-20H,2-3,22-23H2,1H3,(H,35,45)(H,36,46)(H,27,28,33)(H3,24,29,30,34)/t7-,8-,9?,10?,13+,14+,19-,20-,43?,44?/m1/s1. The van der Waals surface area contributed by atoms with Gasteiger partial charge in [-0.3, -0.25) is 23.7 Å². The minimum Gasteiger partial charge on any atom is -0.369 e. The molecule has 3 aliphatic rings. The molecule has 7 heterocycles. The first-order valence-electron chi connectivity index (χ1n) is 13.5. The average molecular weight is 720 g/mol. The van der Waals surface area contributed by atoms with E-state index in [4.69, 9.17) is 68.4 Å². The van der Waals surface area contributed by atoms with Gasteiger partial charge in [0.25, 0.3) is 11.1 Å². The molecule has 0 aromatic carbocycles. The number of nitrogens with two attached hydrogens (primary N) is 3. The summed E-state index contributed by atoms with van der Waals surface area (Å²) in [5.41, 5.74) is 18.0. The van der Waals surface area contributed by atoms with Gasteiger partial charge in [-0.25, -0.2) is 15.0 Å². The lowest BCUT2D eigenvalue weighted by molar-refractivity contribution is -0.0579. The predicted molar refractivity (Wildman–Crippen MR) is 164 cm³/mol. The molecule has 4 aromatic rings. The van der Waals surface area contributed by atoms with E-state index in [1.54, 1.807) is 6.92 Å². The summed E-state index contributed by atoms with van der Waals surface area (Å²) in [6, 6.07) is -2.09. The zero-order valence-corrected chi connectivity index (χ0v) is 26.9. The Morgan fingerprint density at radius 1 is 0.848 bits per heavy atom. The second kappa shape index (κ2) is 11.5. The number of hydrogen-bond acceptors (Lipinski definition) is 17. The van der Waals surface area contributed by atoms with Gasteiger partial charge in [-0.2, -0.15) is 4.98 Å². The van der Waals surface area contributed by atoms with Crippen LogP contribution < -0.4 is 28.3 Å². The maximum Gasteiger partial charge on any atom is 0.325 e. The van der Waals surface area contributed by atoms with Crippen LogP contribution in [0, 0.1) is 6.92 Å². The monoisotopic (exact) mass is 719 g/mol. The molecule has 0 spiro atoms. The van der Waals surface area contributed by atoms with E-state index in [0.717, 1.165) is 0 Å². The molecule has 46 heavy (non-hydrogen) atoms. The Morgan fingerprint density at radius 3 is 1.80 bits per heavy atom. The van der Waals surface area contributed by atoms with Gasteiger partial charge in [0, 0.05) is 0 Å². The van der Waals surface area contributed by atoms with Crippen LogP contribution in [0.3, 0.4) is 0 Å². The van der Waals surface area contributed by atoms with Crippen LogP contribution in [0.25, 0.3) is 22.3 Å². The van der Waals surface area contributed by atoms with E-state index in [1.165, 1.54) is 21.8 Å². The number of H-pyrrole nitrogens is 2. The summed E-state index contributed by atoms with van der Waals surface area (Å²) in [6.07, 6.45) is -3.97. The maximum atomic E-state index is 12.4. The summed E-state index contributed by atoms with van der Waals surface area (Å²) >= 11 is 10.6. The molecule has 25 heteroatoms. The van der Waals surface area contributed by atoms with Crippen molar-refractivity contribution in [3.8, 4) is 0 Å². The number of aromatic nitrogens is 8. The molecule has 0 bridgehead atoms. The Morgan fingerprint density at radius 2 is 1.30 bits per heavy atom. The lowest BCUT2D eigenvalue weighted by atomic mass is 10.1. The summed E-state index contributed by atoms with van der Waals surface area (Å²) in [5.74, 6) is 0.168. The summed E-state index contributed by atoms with van der Waals surface area (Å²) in [6.45, 7) is -7.41. The first kappa shape index (κ1) is 32.0. The Kier molecular flexibility index (Phi) is 8.01. The third-order valence-corrected chi connectivity index (χ3v) is 10.8. The first-order valence-corrected chi connectivity index (χ1v) is 18.7. The lowest BCUT2D eigenvalue weighted by Crippen LogP contribution is -2.43. The van der Waals surface area contributed by atoms with Crippen LogP contribution in [0.15, 0.2) is 22.2 Å². The third kappa shape index (κ3) is 5.65. The van der Waals surface area contributed by atoms with Crippen LogP contribution in [0.1, 0.15) is 18.3 Å². The van der Waals surface area contributed by atoms with Gasteiger partial charge in [0.05, 0.1) is 38.0 Å². The van der Waals surface area contributed by atoms with Gasteiger partial charge in [-0.15, -0.1) is 0 Å². The molecule has 21 nitrogen and oxygen atoms in total. The molecule has 248 valence electrons. The van der Waals surface area contributed by atoms with Crippen molar-refractivity contribution >= 4 is 65.3 Å². The van der Waals surface area contributed by atoms with Gasteiger partial charge in [-0.1, -0.05) is 0 Å². The highest BCUT2D eigenvalue weighted by atomic mass is 32.5. The van der Waals surface area contributed by atoms with E-state index >= 15 is 0 Å². The average Bonchev–Trinajstić information content (AvgIpc) is 3.72. The topological polar surface area (TPSA) is 301 Å².